The number of hydrogen-bond acceptors (Lipinski definition) is 6. The van der Waals surface area contributed by atoms with Crippen LogP contribution in [0.15, 0.2) is 42.2 Å². The molecule has 1 aromatic carbocycles. The molecule has 174 valence electrons. The minimum Gasteiger partial charge on any atom is -0.497 e. The summed E-state index contributed by atoms with van der Waals surface area (Å²) < 4.78 is 18.3. The maximum atomic E-state index is 13.4. The first-order chi connectivity index (χ1) is 15.7. The van der Waals surface area contributed by atoms with E-state index < -0.39 is 11.7 Å². The Labute approximate surface area is 193 Å². The first-order valence-corrected chi connectivity index (χ1v) is 11.5. The lowest BCUT2D eigenvalue weighted by Crippen LogP contribution is -2.47. The van der Waals surface area contributed by atoms with Gasteiger partial charge in [0.2, 0.25) is 0 Å². The molecule has 4 heterocycles. The summed E-state index contributed by atoms with van der Waals surface area (Å²) in [5.41, 5.74) is 3.70. The Morgan fingerprint density at radius 3 is 2.67 bits per heavy atom. The highest BCUT2D eigenvalue weighted by Crippen LogP contribution is 2.45. The number of aromatic nitrogens is 1. The average molecular weight is 451 g/mol. The third-order valence-corrected chi connectivity index (χ3v) is 6.79. The lowest BCUT2D eigenvalue weighted by Gasteiger charge is -2.45. The zero-order valence-electron chi connectivity index (χ0n) is 19.8. The Bertz CT molecular complexity index is 1200. The van der Waals surface area contributed by atoms with E-state index in [2.05, 4.69) is 17.0 Å². The van der Waals surface area contributed by atoms with Crippen molar-refractivity contribution in [2.24, 2.45) is 11.8 Å². The number of methoxy groups -OCH3 is 1. The lowest BCUT2D eigenvalue weighted by atomic mass is 9.77. The van der Waals surface area contributed by atoms with Crippen LogP contribution in [0.2, 0.25) is 0 Å². The van der Waals surface area contributed by atoms with Crippen LogP contribution in [-0.4, -0.2) is 53.4 Å². The molecule has 3 atom stereocenters. The average Bonchev–Trinajstić information content (AvgIpc) is 3.12. The highest BCUT2D eigenvalue weighted by molar-refractivity contribution is 5.98. The van der Waals surface area contributed by atoms with E-state index in [1.54, 1.807) is 4.57 Å². The summed E-state index contributed by atoms with van der Waals surface area (Å²) in [4.78, 5) is 28.2. The van der Waals surface area contributed by atoms with Crippen LogP contribution in [0.25, 0.3) is 16.6 Å². The smallest absolute Gasteiger partial charge is 0.419 e. The maximum absolute atomic E-state index is 13.4. The van der Waals surface area contributed by atoms with Crippen molar-refractivity contribution in [1.29, 1.82) is 0 Å². The molecule has 5 rings (SSSR count). The first-order valence-electron chi connectivity index (χ1n) is 11.5. The Balaban J connectivity index is 1.71. The summed E-state index contributed by atoms with van der Waals surface area (Å²) in [6.45, 7) is 9.23. The van der Waals surface area contributed by atoms with Crippen molar-refractivity contribution in [1.82, 2.24) is 9.47 Å². The zero-order chi connectivity index (χ0) is 23.5. The van der Waals surface area contributed by atoms with Crippen molar-refractivity contribution in [3.05, 3.63) is 53.4 Å². The largest absolute Gasteiger partial charge is 0.497 e. The van der Waals surface area contributed by atoms with E-state index in [-0.39, 0.29) is 23.9 Å². The number of allylic oxidation sites excluding steroid dienone is 1. The molecule has 7 heteroatoms. The van der Waals surface area contributed by atoms with Crippen molar-refractivity contribution in [3.8, 4) is 0 Å². The van der Waals surface area contributed by atoms with E-state index in [0.29, 0.717) is 5.57 Å². The summed E-state index contributed by atoms with van der Waals surface area (Å²) in [5.74, 6) is -0.414. The van der Waals surface area contributed by atoms with Gasteiger partial charge in [-0.05, 0) is 45.7 Å². The predicted molar refractivity (Wildman–Crippen MR) is 124 cm³/mol. The fourth-order valence-electron chi connectivity index (χ4n) is 5.30. The molecule has 0 radical (unpaired) electrons. The normalized spacial score (nSPS) is 24.0. The SMILES string of the molecule is COC(=O)C1=CO[C@@H](C)[C@@H]2CN3CCc4c(n(C(=O)OC(C)(C)C)c5ccccc45)C3=C[C@H]12. The molecule has 3 aliphatic rings. The van der Waals surface area contributed by atoms with Gasteiger partial charge in [-0.3, -0.25) is 0 Å². The van der Waals surface area contributed by atoms with Gasteiger partial charge in [0.25, 0.3) is 0 Å². The molecular weight excluding hydrogens is 420 g/mol. The molecule has 0 N–H and O–H groups in total. The Morgan fingerprint density at radius 2 is 1.94 bits per heavy atom. The highest BCUT2D eigenvalue weighted by atomic mass is 16.6. The number of fused-ring (bicyclic) bond motifs is 6. The van der Waals surface area contributed by atoms with Crippen molar-refractivity contribution in [3.63, 3.8) is 0 Å². The van der Waals surface area contributed by atoms with E-state index in [1.807, 2.05) is 45.9 Å². The maximum Gasteiger partial charge on any atom is 0.419 e. The number of nitrogens with zero attached hydrogens (tertiary/aromatic N) is 2. The van der Waals surface area contributed by atoms with Crippen LogP contribution in [-0.2, 0) is 25.4 Å². The topological polar surface area (TPSA) is 70.0 Å². The molecule has 0 unspecified atom stereocenters. The number of benzene rings is 1. The molecular formula is C26H30N2O5. The number of ether oxygens (including phenoxy) is 3. The quantitative estimate of drug-likeness (QED) is 0.602. The predicted octanol–water partition coefficient (Wildman–Crippen LogP) is 4.35. The van der Waals surface area contributed by atoms with E-state index in [4.69, 9.17) is 14.2 Å². The van der Waals surface area contributed by atoms with Gasteiger partial charge in [-0.25, -0.2) is 14.2 Å². The number of rotatable bonds is 1. The van der Waals surface area contributed by atoms with Gasteiger partial charge in [0, 0.05) is 30.3 Å². The fourth-order valence-corrected chi connectivity index (χ4v) is 5.30. The molecule has 0 fully saturated rings. The van der Waals surface area contributed by atoms with E-state index in [9.17, 15) is 9.59 Å². The second kappa shape index (κ2) is 7.68. The summed E-state index contributed by atoms with van der Waals surface area (Å²) in [5, 5.41) is 1.06. The van der Waals surface area contributed by atoms with Crippen molar-refractivity contribution >= 4 is 28.7 Å². The van der Waals surface area contributed by atoms with Crippen molar-refractivity contribution < 1.29 is 23.8 Å². The molecule has 3 aliphatic heterocycles. The van der Waals surface area contributed by atoms with Crippen LogP contribution in [0.4, 0.5) is 4.79 Å². The standard InChI is InChI=1S/C26H30N2O5/c1-15-19-13-27-11-10-17-16-8-6-7-9-21(16)28(25(30)33-26(2,3)4)23(17)22(27)12-18(19)20(14-32-15)24(29)31-5/h6-9,12,14-15,18-19H,10-11,13H2,1-5H3/t15-,18-,19-/m0/s1. The first kappa shape index (κ1) is 21.6. The summed E-state index contributed by atoms with van der Waals surface area (Å²) in [7, 11) is 1.39. The van der Waals surface area contributed by atoms with Crippen LogP contribution in [0.1, 0.15) is 39.0 Å². The van der Waals surface area contributed by atoms with Crippen LogP contribution < -0.4 is 0 Å². The molecule has 33 heavy (non-hydrogen) atoms. The number of carbonyl (C=O) groups excluding carboxylic acids is 2. The monoisotopic (exact) mass is 450 g/mol. The van der Waals surface area contributed by atoms with E-state index >= 15 is 0 Å². The molecule has 0 saturated carbocycles. The zero-order valence-corrected chi connectivity index (χ0v) is 19.8. The molecule has 0 spiro atoms. The van der Waals surface area contributed by atoms with Gasteiger partial charge < -0.3 is 19.1 Å². The van der Waals surface area contributed by atoms with Gasteiger partial charge in [-0.15, -0.1) is 0 Å². The van der Waals surface area contributed by atoms with E-state index in [0.717, 1.165) is 47.4 Å². The second-order valence-electron chi connectivity index (χ2n) is 10.0. The second-order valence-corrected chi connectivity index (χ2v) is 10.0. The van der Waals surface area contributed by atoms with Crippen LogP contribution in [0.3, 0.4) is 0 Å². The number of para-hydroxylation sites is 1. The minimum absolute atomic E-state index is 0.0284. The lowest BCUT2D eigenvalue weighted by molar-refractivity contribution is -0.137. The van der Waals surface area contributed by atoms with Crippen LogP contribution in [0, 0.1) is 11.8 Å². The Kier molecular flexibility index (Phi) is 5.03. The van der Waals surface area contributed by atoms with Crippen molar-refractivity contribution in [2.45, 2.75) is 45.8 Å². The number of esters is 1. The molecule has 2 aromatic rings. The number of carbonyl (C=O) groups is 2. The molecule has 0 aliphatic carbocycles. The minimum atomic E-state index is -0.618. The third-order valence-electron chi connectivity index (χ3n) is 6.79. The van der Waals surface area contributed by atoms with Gasteiger partial charge in [0.05, 0.1) is 35.9 Å². The molecule has 0 bridgehead atoms. The summed E-state index contributed by atoms with van der Waals surface area (Å²) in [6, 6.07) is 7.96. The third kappa shape index (κ3) is 3.50. The van der Waals surface area contributed by atoms with Crippen molar-refractivity contribution in [2.75, 3.05) is 20.2 Å². The Hall–Kier alpha value is -3.22. The molecule has 0 saturated heterocycles. The van der Waals surface area contributed by atoms with Crippen LogP contribution in [0.5, 0.6) is 0 Å². The highest BCUT2D eigenvalue weighted by Gasteiger charge is 2.44. The van der Waals surface area contributed by atoms with Gasteiger partial charge in [-0.2, -0.15) is 0 Å². The van der Waals surface area contributed by atoms with Gasteiger partial charge >= 0.3 is 12.1 Å². The van der Waals surface area contributed by atoms with Gasteiger partial charge in [-0.1, -0.05) is 24.3 Å². The molecule has 0 amide bonds. The Morgan fingerprint density at radius 1 is 1.18 bits per heavy atom. The van der Waals surface area contributed by atoms with Gasteiger partial charge in [0.15, 0.2) is 0 Å². The fraction of sp³-hybridized carbons (Fsp3) is 0.462. The molecule has 1 aromatic heterocycles. The molecule has 7 nitrogen and oxygen atoms in total. The van der Waals surface area contributed by atoms with E-state index in [1.165, 1.54) is 13.4 Å². The summed E-state index contributed by atoms with van der Waals surface area (Å²) in [6.07, 6.45) is 4.06. The summed E-state index contributed by atoms with van der Waals surface area (Å²) >= 11 is 0. The van der Waals surface area contributed by atoms with Gasteiger partial charge in [0.1, 0.15) is 11.7 Å². The van der Waals surface area contributed by atoms with Crippen LogP contribution >= 0.6 is 0 Å². The number of hydrogen-bond donors (Lipinski definition) is 0.